The highest BCUT2D eigenvalue weighted by Crippen LogP contribution is 2.32. The van der Waals surface area contributed by atoms with Crippen LogP contribution >= 0.6 is 0 Å². The Morgan fingerprint density at radius 3 is 2.81 bits per heavy atom. The zero-order chi connectivity index (χ0) is 22.5. The third-order valence-corrected chi connectivity index (χ3v) is 6.25. The van der Waals surface area contributed by atoms with Gasteiger partial charge in [-0.1, -0.05) is 42.8 Å². The summed E-state index contributed by atoms with van der Waals surface area (Å²) in [5.74, 6) is 0.443. The number of amides is 1. The van der Waals surface area contributed by atoms with Crippen molar-refractivity contribution in [3.8, 4) is 5.75 Å². The second kappa shape index (κ2) is 10.2. The number of likely N-dealkylation sites (N-methyl/N-ethyl adjacent to an activating group) is 1. The molecule has 0 saturated heterocycles. The standard InChI is InChI=1S/C26H33N3O3/c1-3-19-12-21-8-9-24(13-25(21)28(2)15-19)32-18-26(31)27-14-23(30)17-29-11-10-20-6-4-5-7-22(20)16-29/h4-9,12-13,23,30H,3,10-11,14-18H2,1-2H3,(H,27,31). The van der Waals surface area contributed by atoms with Crippen molar-refractivity contribution in [3.63, 3.8) is 0 Å². The number of ether oxygens (including phenoxy) is 1. The Bertz CT molecular complexity index is 988. The molecule has 0 aromatic heterocycles. The van der Waals surface area contributed by atoms with Crippen molar-refractivity contribution in [1.29, 1.82) is 0 Å². The number of carbonyl (C=O) groups excluding carboxylic acids is 1. The van der Waals surface area contributed by atoms with Gasteiger partial charge in [-0.3, -0.25) is 9.69 Å². The van der Waals surface area contributed by atoms with Gasteiger partial charge in [-0.15, -0.1) is 0 Å². The number of fused-ring (bicyclic) bond motifs is 2. The molecule has 6 heteroatoms. The summed E-state index contributed by atoms with van der Waals surface area (Å²) in [5, 5.41) is 13.2. The third kappa shape index (κ3) is 5.50. The number of rotatable bonds is 8. The van der Waals surface area contributed by atoms with E-state index in [0.717, 1.165) is 38.2 Å². The van der Waals surface area contributed by atoms with Crippen molar-refractivity contribution in [2.75, 3.05) is 44.7 Å². The normalized spacial score (nSPS) is 16.6. The number of anilines is 1. The molecule has 0 radical (unpaired) electrons. The summed E-state index contributed by atoms with van der Waals surface area (Å²) in [6.07, 6.45) is 3.66. The molecule has 1 unspecified atom stereocenters. The molecule has 0 spiro atoms. The Morgan fingerprint density at radius 1 is 1.19 bits per heavy atom. The predicted octanol–water partition coefficient (Wildman–Crippen LogP) is 2.84. The predicted molar refractivity (Wildman–Crippen MR) is 128 cm³/mol. The number of hydrogen-bond acceptors (Lipinski definition) is 5. The third-order valence-electron chi connectivity index (χ3n) is 6.25. The molecule has 2 heterocycles. The molecule has 2 aliphatic rings. The lowest BCUT2D eigenvalue weighted by molar-refractivity contribution is -0.123. The Kier molecular flexibility index (Phi) is 7.12. The van der Waals surface area contributed by atoms with Crippen LogP contribution in [0.3, 0.4) is 0 Å². The second-order valence-corrected chi connectivity index (χ2v) is 8.73. The van der Waals surface area contributed by atoms with Gasteiger partial charge in [0.05, 0.1) is 6.10 Å². The zero-order valence-electron chi connectivity index (χ0n) is 19.0. The number of aliphatic hydroxyl groups excluding tert-OH is 1. The fraction of sp³-hybridized carbons (Fsp3) is 0.423. The van der Waals surface area contributed by atoms with Gasteiger partial charge in [-0.25, -0.2) is 0 Å². The van der Waals surface area contributed by atoms with Gasteiger partial charge in [0.25, 0.3) is 5.91 Å². The number of carbonyl (C=O) groups is 1. The Labute approximate surface area is 190 Å². The Morgan fingerprint density at radius 2 is 2.00 bits per heavy atom. The van der Waals surface area contributed by atoms with Gasteiger partial charge in [0, 0.05) is 51.5 Å². The van der Waals surface area contributed by atoms with Crippen LogP contribution in [0, 0.1) is 0 Å². The first kappa shape index (κ1) is 22.4. The lowest BCUT2D eigenvalue weighted by atomic mass is 10.00. The lowest BCUT2D eigenvalue weighted by Gasteiger charge is -2.30. The summed E-state index contributed by atoms with van der Waals surface area (Å²) < 4.78 is 5.71. The second-order valence-electron chi connectivity index (χ2n) is 8.73. The number of aliphatic hydroxyl groups is 1. The van der Waals surface area contributed by atoms with Gasteiger partial charge >= 0.3 is 0 Å². The molecule has 2 aromatic carbocycles. The van der Waals surface area contributed by atoms with Crippen LogP contribution in [0.5, 0.6) is 5.75 Å². The summed E-state index contributed by atoms with van der Waals surface area (Å²) in [7, 11) is 2.07. The molecule has 0 saturated carbocycles. The van der Waals surface area contributed by atoms with Crippen molar-refractivity contribution >= 4 is 17.7 Å². The van der Waals surface area contributed by atoms with E-state index in [0.29, 0.717) is 12.3 Å². The molecular weight excluding hydrogens is 402 g/mol. The van der Waals surface area contributed by atoms with Crippen LogP contribution in [0.15, 0.2) is 48.0 Å². The largest absolute Gasteiger partial charge is 0.484 e. The van der Waals surface area contributed by atoms with E-state index in [1.54, 1.807) is 0 Å². The smallest absolute Gasteiger partial charge is 0.258 e. The van der Waals surface area contributed by atoms with Crippen LogP contribution in [-0.4, -0.2) is 61.9 Å². The summed E-state index contributed by atoms with van der Waals surface area (Å²) in [5.41, 5.74) is 6.40. The number of hydrogen-bond donors (Lipinski definition) is 2. The fourth-order valence-corrected chi connectivity index (χ4v) is 4.44. The van der Waals surface area contributed by atoms with Crippen LogP contribution < -0.4 is 15.0 Å². The topological polar surface area (TPSA) is 65.0 Å². The molecule has 0 aliphatic carbocycles. The minimum absolute atomic E-state index is 0.0671. The van der Waals surface area contributed by atoms with Crippen LogP contribution in [0.2, 0.25) is 0 Å². The van der Waals surface area contributed by atoms with Gasteiger partial charge in [0.15, 0.2) is 6.61 Å². The number of benzene rings is 2. The Hall–Kier alpha value is -2.83. The van der Waals surface area contributed by atoms with Gasteiger partial charge in [-0.05, 0) is 41.7 Å². The molecule has 2 aromatic rings. The molecule has 32 heavy (non-hydrogen) atoms. The van der Waals surface area contributed by atoms with Crippen LogP contribution in [0.1, 0.15) is 30.0 Å². The summed E-state index contributed by atoms with van der Waals surface area (Å²) >= 11 is 0. The van der Waals surface area contributed by atoms with Crippen LogP contribution in [-0.2, 0) is 17.8 Å². The maximum Gasteiger partial charge on any atom is 0.258 e. The lowest BCUT2D eigenvalue weighted by Crippen LogP contribution is -2.42. The quantitative estimate of drug-likeness (QED) is 0.668. The first-order chi connectivity index (χ1) is 15.5. The molecule has 2 N–H and O–H groups in total. The number of nitrogens with zero attached hydrogens (tertiary/aromatic N) is 2. The minimum Gasteiger partial charge on any atom is -0.484 e. The average Bonchev–Trinajstić information content (AvgIpc) is 2.81. The first-order valence-corrected chi connectivity index (χ1v) is 11.4. The summed E-state index contributed by atoms with van der Waals surface area (Å²) in [4.78, 5) is 16.7. The number of β-amino-alcohol motifs (C(OH)–C–C–N with tert-alkyl or cyclic N) is 1. The van der Waals surface area contributed by atoms with E-state index in [1.807, 2.05) is 18.2 Å². The fourth-order valence-electron chi connectivity index (χ4n) is 4.44. The van der Waals surface area contributed by atoms with E-state index in [1.165, 1.54) is 22.3 Å². The van der Waals surface area contributed by atoms with Crippen molar-refractivity contribution in [2.24, 2.45) is 0 Å². The molecule has 4 rings (SSSR count). The van der Waals surface area contributed by atoms with E-state index in [4.69, 9.17) is 4.74 Å². The Balaban J connectivity index is 1.21. The molecule has 6 nitrogen and oxygen atoms in total. The highest BCUT2D eigenvalue weighted by atomic mass is 16.5. The molecule has 0 bridgehead atoms. The maximum atomic E-state index is 12.2. The van der Waals surface area contributed by atoms with E-state index in [9.17, 15) is 9.90 Å². The van der Waals surface area contributed by atoms with Crippen molar-refractivity contribution < 1.29 is 14.6 Å². The van der Waals surface area contributed by atoms with Gasteiger partial charge in [-0.2, -0.15) is 0 Å². The highest BCUT2D eigenvalue weighted by molar-refractivity contribution is 5.78. The van der Waals surface area contributed by atoms with E-state index in [2.05, 4.69) is 59.4 Å². The average molecular weight is 436 g/mol. The number of nitrogens with one attached hydrogen (secondary N) is 1. The molecular formula is C26H33N3O3. The van der Waals surface area contributed by atoms with Gasteiger partial charge in [0.2, 0.25) is 0 Å². The van der Waals surface area contributed by atoms with Crippen molar-refractivity contribution in [1.82, 2.24) is 10.2 Å². The maximum absolute atomic E-state index is 12.2. The van der Waals surface area contributed by atoms with Gasteiger partial charge < -0.3 is 20.1 Å². The first-order valence-electron chi connectivity index (χ1n) is 11.4. The molecule has 1 amide bonds. The van der Waals surface area contributed by atoms with Crippen LogP contribution in [0.4, 0.5) is 5.69 Å². The van der Waals surface area contributed by atoms with Crippen LogP contribution in [0.25, 0.3) is 6.08 Å². The SMILES string of the molecule is CCC1=Cc2ccc(OCC(=O)NCC(O)CN3CCc4ccccc4C3)cc2N(C)C1. The van der Waals surface area contributed by atoms with Crippen molar-refractivity contribution in [2.45, 2.75) is 32.4 Å². The molecule has 170 valence electrons. The molecule has 0 fully saturated rings. The van der Waals surface area contributed by atoms with E-state index in [-0.39, 0.29) is 19.1 Å². The highest BCUT2D eigenvalue weighted by Gasteiger charge is 2.19. The van der Waals surface area contributed by atoms with Crippen molar-refractivity contribution in [3.05, 3.63) is 64.7 Å². The zero-order valence-corrected chi connectivity index (χ0v) is 19.0. The summed E-state index contributed by atoms with van der Waals surface area (Å²) in [6.45, 7) is 5.54. The van der Waals surface area contributed by atoms with E-state index >= 15 is 0 Å². The monoisotopic (exact) mass is 435 g/mol. The summed E-state index contributed by atoms with van der Waals surface area (Å²) in [6, 6.07) is 14.4. The van der Waals surface area contributed by atoms with Gasteiger partial charge in [0.1, 0.15) is 5.75 Å². The molecule has 2 aliphatic heterocycles. The van der Waals surface area contributed by atoms with E-state index < -0.39 is 6.10 Å². The molecule has 1 atom stereocenters. The minimum atomic E-state index is -0.610.